The molecule has 1 atom stereocenters. The Morgan fingerprint density at radius 1 is 0.909 bits per heavy atom. The van der Waals surface area contributed by atoms with E-state index in [1.165, 1.54) is 23.5 Å². The van der Waals surface area contributed by atoms with Gasteiger partial charge in [-0.2, -0.15) is 4.31 Å². The van der Waals surface area contributed by atoms with Crippen LogP contribution in [0.15, 0.2) is 89.8 Å². The molecule has 0 saturated carbocycles. The summed E-state index contributed by atoms with van der Waals surface area (Å²) in [5, 5.41) is 2.95. The number of rotatable bonds is 11. The van der Waals surface area contributed by atoms with E-state index in [1.807, 2.05) is 67.6 Å². The van der Waals surface area contributed by atoms with Gasteiger partial charge in [-0.25, -0.2) is 8.42 Å². The van der Waals surface area contributed by atoms with Crippen molar-refractivity contribution >= 4 is 15.9 Å². The third-order valence-corrected chi connectivity index (χ3v) is 7.37. The van der Waals surface area contributed by atoms with E-state index < -0.39 is 10.0 Å². The average molecular weight is 467 g/mol. The number of ether oxygens (including phenoxy) is 1. The molecule has 0 aliphatic rings. The SMILES string of the molecule is COc1ccc(S(=O)(=O)N(CCC(=O)NC(C)c2ccccc2)CCc2ccccc2)cc1. The van der Waals surface area contributed by atoms with Crippen molar-refractivity contribution in [2.24, 2.45) is 0 Å². The minimum absolute atomic E-state index is 0.0708. The van der Waals surface area contributed by atoms with Gasteiger partial charge in [0.1, 0.15) is 5.75 Å². The molecule has 0 aliphatic heterocycles. The molecule has 7 heteroatoms. The number of hydrogen-bond acceptors (Lipinski definition) is 4. The normalized spacial score (nSPS) is 12.3. The fraction of sp³-hybridized carbons (Fsp3) is 0.269. The summed E-state index contributed by atoms with van der Waals surface area (Å²) in [5.74, 6) is 0.389. The number of methoxy groups -OCH3 is 1. The molecule has 1 amide bonds. The van der Waals surface area contributed by atoms with Crippen LogP contribution in [-0.2, 0) is 21.2 Å². The van der Waals surface area contributed by atoms with Gasteiger partial charge in [0.15, 0.2) is 0 Å². The quantitative estimate of drug-likeness (QED) is 0.460. The molecule has 0 radical (unpaired) electrons. The second kappa shape index (κ2) is 11.6. The van der Waals surface area contributed by atoms with Crippen LogP contribution in [0, 0.1) is 0 Å². The summed E-state index contributed by atoms with van der Waals surface area (Å²) in [7, 11) is -2.24. The van der Waals surface area contributed by atoms with E-state index in [4.69, 9.17) is 4.74 Å². The third-order valence-electron chi connectivity index (χ3n) is 5.46. The summed E-state index contributed by atoms with van der Waals surface area (Å²) in [5.41, 5.74) is 2.03. The largest absolute Gasteiger partial charge is 0.497 e. The molecule has 0 fully saturated rings. The smallest absolute Gasteiger partial charge is 0.243 e. The summed E-state index contributed by atoms with van der Waals surface area (Å²) in [6, 6.07) is 25.5. The maximum Gasteiger partial charge on any atom is 0.243 e. The van der Waals surface area contributed by atoms with Crippen LogP contribution < -0.4 is 10.1 Å². The first-order valence-corrected chi connectivity index (χ1v) is 12.4. The van der Waals surface area contributed by atoms with Crippen LogP contribution in [0.5, 0.6) is 5.75 Å². The standard InChI is InChI=1S/C26H30N2O4S/c1-21(23-11-7-4-8-12-23)27-26(29)18-20-28(19-17-22-9-5-3-6-10-22)33(30,31)25-15-13-24(32-2)14-16-25/h3-16,21H,17-20H2,1-2H3,(H,27,29). The summed E-state index contributed by atoms with van der Waals surface area (Å²) in [6.45, 7) is 2.28. The van der Waals surface area contributed by atoms with Gasteiger partial charge in [0.25, 0.3) is 0 Å². The van der Waals surface area contributed by atoms with Gasteiger partial charge in [0.2, 0.25) is 15.9 Å². The Hall–Kier alpha value is -3.16. The van der Waals surface area contributed by atoms with Crippen LogP contribution in [0.2, 0.25) is 0 Å². The number of nitrogens with one attached hydrogen (secondary N) is 1. The Bertz CT molecular complexity index is 1120. The Kier molecular flexibility index (Phi) is 8.63. The number of benzene rings is 3. The molecular formula is C26H30N2O4S. The predicted molar refractivity (Wildman–Crippen MR) is 130 cm³/mol. The molecule has 0 aromatic heterocycles. The Labute approximate surface area is 196 Å². The molecule has 3 aromatic rings. The van der Waals surface area contributed by atoms with E-state index in [0.29, 0.717) is 12.2 Å². The molecule has 0 spiro atoms. The molecule has 1 unspecified atom stereocenters. The van der Waals surface area contributed by atoms with Crippen molar-refractivity contribution in [3.63, 3.8) is 0 Å². The number of carbonyl (C=O) groups is 1. The predicted octanol–water partition coefficient (Wildman–Crippen LogP) is 4.20. The summed E-state index contributed by atoms with van der Waals surface area (Å²) >= 11 is 0. The van der Waals surface area contributed by atoms with E-state index in [9.17, 15) is 13.2 Å². The van der Waals surface area contributed by atoms with Crippen molar-refractivity contribution in [2.75, 3.05) is 20.2 Å². The first kappa shape index (κ1) is 24.5. The Balaban J connectivity index is 1.71. The van der Waals surface area contributed by atoms with Crippen LogP contribution in [0.1, 0.15) is 30.5 Å². The Morgan fingerprint density at radius 3 is 2.12 bits per heavy atom. The topological polar surface area (TPSA) is 75.7 Å². The number of hydrogen-bond donors (Lipinski definition) is 1. The van der Waals surface area contributed by atoms with Gasteiger partial charge < -0.3 is 10.1 Å². The third kappa shape index (κ3) is 6.91. The highest BCUT2D eigenvalue weighted by atomic mass is 32.2. The van der Waals surface area contributed by atoms with E-state index in [1.54, 1.807) is 12.1 Å². The zero-order valence-electron chi connectivity index (χ0n) is 19.0. The zero-order chi connectivity index (χ0) is 23.7. The van der Waals surface area contributed by atoms with Crippen molar-refractivity contribution in [3.8, 4) is 5.75 Å². The van der Waals surface area contributed by atoms with Crippen LogP contribution >= 0.6 is 0 Å². The van der Waals surface area contributed by atoms with Crippen LogP contribution in [0.3, 0.4) is 0 Å². The summed E-state index contributed by atoms with van der Waals surface area (Å²) < 4.78 is 33.2. The monoisotopic (exact) mass is 466 g/mol. The van der Waals surface area contributed by atoms with Gasteiger partial charge in [-0.1, -0.05) is 60.7 Å². The van der Waals surface area contributed by atoms with E-state index in [-0.39, 0.29) is 36.4 Å². The molecule has 0 bridgehead atoms. The second-order valence-electron chi connectivity index (χ2n) is 7.77. The molecule has 33 heavy (non-hydrogen) atoms. The fourth-order valence-electron chi connectivity index (χ4n) is 3.51. The molecule has 3 aromatic carbocycles. The molecule has 0 aliphatic carbocycles. The van der Waals surface area contributed by atoms with Crippen molar-refractivity contribution in [3.05, 3.63) is 96.1 Å². The molecular weight excluding hydrogens is 436 g/mol. The maximum atomic E-state index is 13.4. The number of sulfonamides is 1. The number of amides is 1. The highest BCUT2D eigenvalue weighted by Crippen LogP contribution is 2.20. The van der Waals surface area contributed by atoms with E-state index in [0.717, 1.165) is 11.1 Å². The summed E-state index contributed by atoms with van der Waals surface area (Å²) in [6.07, 6.45) is 0.625. The maximum absolute atomic E-state index is 13.4. The first-order chi connectivity index (χ1) is 15.9. The van der Waals surface area contributed by atoms with Gasteiger partial charge in [-0.3, -0.25) is 4.79 Å². The lowest BCUT2D eigenvalue weighted by molar-refractivity contribution is -0.121. The first-order valence-electron chi connectivity index (χ1n) is 10.9. The molecule has 0 heterocycles. The average Bonchev–Trinajstić information content (AvgIpc) is 2.85. The van der Waals surface area contributed by atoms with Crippen LogP contribution in [-0.4, -0.2) is 38.8 Å². The zero-order valence-corrected chi connectivity index (χ0v) is 19.8. The van der Waals surface area contributed by atoms with Gasteiger partial charge in [-0.15, -0.1) is 0 Å². The van der Waals surface area contributed by atoms with Crippen molar-refractivity contribution in [2.45, 2.75) is 30.7 Å². The molecule has 0 saturated heterocycles. The molecule has 6 nitrogen and oxygen atoms in total. The molecule has 3 rings (SSSR count). The minimum Gasteiger partial charge on any atom is -0.497 e. The number of carbonyl (C=O) groups excluding carboxylic acids is 1. The van der Waals surface area contributed by atoms with Crippen LogP contribution in [0.25, 0.3) is 0 Å². The van der Waals surface area contributed by atoms with Gasteiger partial charge in [-0.05, 0) is 48.7 Å². The lowest BCUT2D eigenvalue weighted by atomic mass is 10.1. The highest BCUT2D eigenvalue weighted by Gasteiger charge is 2.25. The highest BCUT2D eigenvalue weighted by molar-refractivity contribution is 7.89. The van der Waals surface area contributed by atoms with Crippen LogP contribution in [0.4, 0.5) is 0 Å². The van der Waals surface area contributed by atoms with Gasteiger partial charge >= 0.3 is 0 Å². The Morgan fingerprint density at radius 2 is 1.52 bits per heavy atom. The molecule has 1 N–H and O–H groups in total. The molecule has 174 valence electrons. The van der Waals surface area contributed by atoms with E-state index >= 15 is 0 Å². The lowest BCUT2D eigenvalue weighted by Crippen LogP contribution is -2.37. The van der Waals surface area contributed by atoms with Crippen molar-refractivity contribution in [1.82, 2.24) is 9.62 Å². The van der Waals surface area contributed by atoms with Crippen molar-refractivity contribution in [1.29, 1.82) is 0 Å². The second-order valence-corrected chi connectivity index (χ2v) is 9.70. The summed E-state index contributed by atoms with van der Waals surface area (Å²) in [4.78, 5) is 12.8. The van der Waals surface area contributed by atoms with Crippen molar-refractivity contribution < 1.29 is 17.9 Å². The van der Waals surface area contributed by atoms with Gasteiger partial charge in [0, 0.05) is 19.5 Å². The fourth-order valence-corrected chi connectivity index (χ4v) is 4.95. The number of nitrogens with zero attached hydrogens (tertiary/aromatic N) is 1. The minimum atomic E-state index is -3.77. The van der Waals surface area contributed by atoms with Gasteiger partial charge in [0.05, 0.1) is 18.0 Å². The van der Waals surface area contributed by atoms with E-state index in [2.05, 4.69) is 5.32 Å². The lowest BCUT2D eigenvalue weighted by Gasteiger charge is -2.23.